The summed E-state index contributed by atoms with van der Waals surface area (Å²) in [7, 11) is 0. The number of hydrogen-bond acceptors (Lipinski definition) is 2. The van der Waals surface area contributed by atoms with Gasteiger partial charge in [-0.05, 0) is 0 Å². The number of aromatic nitrogens is 3. The van der Waals surface area contributed by atoms with Crippen LogP contribution in [0.4, 0.5) is 0 Å². The summed E-state index contributed by atoms with van der Waals surface area (Å²) >= 11 is 0. The van der Waals surface area contributed by atoms with Crippen LogP contribution in [0.15, 0.2) is 29.3 Å². The Balaban J connectivity index is 2.99. The molecule has 0 saturated carbocycles. The van der Waals surface area contributed by atoms with Gasteiger partial charge in [0.25, 0.3) is 5.56 Å². The Morgan fingerprint density at radius 3 is 3.30 bits per heavy atom. The fraction of sp³-hybridized carbons (Fsp3) is 0. The summed E-state index contributed by atoms with van der Waals surface area (Å²) in [4.78, 5) is 13.3. The van der Waals surface area contributed by atoms with Crippen LogP contribution in [0.2, 0.25) is 0 Å². The van der Waals surface area contributed by atoms with Gasteiger partial charge >= 0.3 is 0 Å². The van der Waals surface area contributed by atoms with Crippen molar-refractivity contribution in [2.75, 3.05) is 0 Å². The first kappa shape index (κ1) is 5.22. The predicted molar refractivity (Wildman–Crippen MR) is 35.8 cm³/mol. The first-order valence-electron chi connectivity index (χ1n) is 2.89. The molecule has 0 saturated heterocycles. The van der Waals surface area contributed by atoms with Crippen LogP contribution >= 0.6 is 0 Å². The van der Waals surface area contributed by atoms with Crippen molar-refractivity contribution in [1.29, 1.82) is 0 Å². The highest BCUT2D eigenvalue weighted by Gasteiger charge is 1.89. The standard InChI is InChI=1S/C6H5N3O/c10-6-2-4-9-5(8-6)1-3-7-9/h1-4H,(H,8,10). The second kappa shape index (κ2) is 1.70. The molecule has 0 aliphatic rings. The number of aromatic amines is 1. The molecule has 2 aromatic heterocycles. The maximum absolute atomic E-state index is 10.7. The van der Waals surface area contributed by atoms with Gasteiger partial charge in [0.15, 0.2) is 0 Å². The van der Waals surface area contributed by atoms with E-state index in [-0.39, 0.29) is 5.56 Å². The molecule has 0 fully saturated rings. The Morgan fingerprint density at radius 1 is 1.50 bits per heavy atom. The van der Waals surface area contributed by atoms with Crippen LogP contribution in [0.3, 0.4) is 0 Å². The summed E-state index contributed by atoms with van der Waals surface area (Å²) in [5, 5.41) is 3.91. The van der Waals surface area contributed by atoms with Crippen LogP contribution in [0, 0.1) is 0 Å². The van der Waals surface area contributed by atoms with Crippen LogP contribution in [0.25, 0.3) is 5.65 Å². The van der Waals surface area contributed by atoms with E-state index < -0.39 is 0 Å². The lowest BCUT2D eigenvalue weighted by atomic mass is 10.6. The molecule has 0 aliphatic heterocycles. The lowest BCUT2D eigenvalue weighted by Crippen LogP contribution is -2.05. The Labute approximate surface area is 56.1 Å². The zero-order chi connectivity index (χ0) is 6.97. The molecule has 0 radical (unpaired) electrons. The number of H-pyrrole nitrogens is 1. The highest BCUT2D eigenvalue weighted by molar-refractivity contribution is 5.34. The maximum Gasteiger partial charge on any atom is 0.251 e. The Bertz CT molecular complexity index is 400. The molecule has 4 heteroatoms. The quantitative estimate of drug-likeness (QED) is 0.553. The molecule has 0 spiro atoms. The average Bonchev–Trinajstić information content (AvgIpc) is 2.33. The highest BCUT2D eigenvalue weighted by atomic mass is 16.1. The molecule has 1 N–H and O–H groups in total. The van der Waals surface area contributed by atoms with Gasteiger partial charge < -0.3 is 4.98 Å². The van der Waals surface area contributed by atoms with Crippen LogP contribution in [-0.2, 0) is 0 Å². The van der Waals surface area contributed by atoms with E-state index in [4.69, 9.17) is 0 Å². The van der Waals surface area contributed by atoms with Gasteiger partial charge in [-0.2, -0.15) is 5.10 Å². The van der Waals surface area contributed by atoms with E-state index >= 15 is 0 Å². The first-order chi connectivity index (χ1) is 4.86. The van der Waals surface area contributed by atoms with Crippen LogP contribution < -0.4 is 5.56 Å². The third kappa shape index (κ3) is 0.621. The Morgan fingerprint density at radius 2 is 2.40 bits per heavy atom. The van der Waals surface area contributed by atoms with E-state index in [0.717, 1.165) is 0 Å². The molecule has 2 heterocycles. The fourth-order valence-electron chi connectivity index (χ4n) is 0.838. The summed E-state index contributed by atoms with van der Waals surface area (Å²) in [6.07, 6.45) is 3.25. The normalized spacial score (nSPS) is 10.4. The summed E-state index contributed by atoms with van der Waals surface area (Å²) < 4.78 is 1.60. The minimum Gasteiger partial charge on any atom is -0.307 e. The molecule has 0 amide bonds. The van der Waals surface area contributed by atoms with Gasteiger partial charge in [-0.15, -0.1) is 0 Å². The third-order valence-electron chi connectivity index (χ3n) is 1.29. The smallest absolute Gasteiger partial charge is 0.251 e. The van der Waals surface area contributed by atoms with Gasteiger partial charge in [-0.25, -0.2) is 4.52 Å². The molecule has 0 bridgehead atoms. The molecule has 50 valence electrons. The third-order valence-corrected chi connectivity index (χ3v) is 1.29. The maximum atomic E-state index is 10.7. The Kier molecular flexibility index (Phi) is 0.887. The summed E-state index contributed by atoms with van der Waals surface area (Å²) in [6.45, 7) is 0. The molecule has 0 atom stereocenters. The van der Waals surface area contributed by atoms with Gasteiger partial charge in [0, 0.05) is 18.3 Å². The molecular formula is C6H5N3O. The van der Waals surface area contributed by atoms with E-state index in [1.807, 2.05) is 0 Å². The zero-order valence-corrected chi connectivity index (χ0v) is 5.11. The van der Waals surface area contributed by atoms with Crippen LogP contribution in [-0.4, -0.2) is 14.6 Å². The minimum atomic E-state index is -0.104. The molecule has 0 unspecified atom stereocenters. The van der Waals surface area contributed by atoms with Gasteiger partial charge in [-0.3, -0.25) is 4.79 Å². The van der Waals surface area contributed by atoms with Crippen molar-refractivity contribution in [2.45, 2.75) is 0 Å². The SMILES string of the molecule is O=c1ccn2nccc2[nH]1. The van der Waals surface area contributed by atoms with E-state index in [2.05, 4.69) is 10.1 Å². The molecular weight excluding hydrogens is 130 g/mol. The van der Waals surface area contributed by atoms with E-state index in [1.165, 1.54) is 6.07 Å². The second-order valence-corrected chi connectivity index (χ2v) is 1.97. The topological polar surface area (TPSA) is 50.2 Å². The largest absolute Gasteiger partial charge is 0.307 e. The van der Waals surface area contributed by atoms with Crippen LogP contribution in [0.1, 0.15) is 0 Å². The van der Waals surface area contributed by atoms with Crippen LogP contribution in [0.5, 0.6) is 0 Å². The number of fused-ring (bicyclic) bond motifs is 1. The summed E-state index contributed by atoms with van der Waals surface area (Å²) in [5.41, 5.74) is 0.612. The van der Waals surface area contributed by atoms with Crippen molar-refractivity contribution >= 4 is 5.65 Å². The first-order valence-corrected chi connectivity index (χ1v) is 2.89. The molecule has 0 aliphatic carbocycles. The molecule has 2 rings (SSSR count). The zero-order valence-electron chi connectivity index (χ0n) is 5.11. The van der Waals surface area contributed by atoms with Crippen molar-refractivity contribution in [3.05, 3.63) is 34.9 Å². The lowest BCUT2D eigenvalue weighted by molar-refractivity contribution is 0.931. The highest BCUT2D eigenvalue weighted by Crippen LogP contribution is 1.90. The number of rotatable bonds is 0. The molecule has 2 aromatic rings. The van der Waals surface area contributed by atoms with E-state index in [1.54, 1.807) is 23.0 Å². The van der Waals surface area contributed by atoms with Gasteiger partial charge in [0.1, 0.15) is 5.65 Å². The van der Waals surface area contributed by atoms with Crippen molar-refractivity contribution in [3.8, 4) is 0 Å². The Hall–Kier alpha value is -1.58. The van der Waals surface area contributed by atoms with Gasteiger partial charge in [0.05, 0.1) is 6.20 Å². The fourth-order valence-corrected chi connectivity index (χ4v) is 0.838. The molecule has 4 nitrogen and oxygen atoms in total. The number of hydrogen-bond donors (Lipinski definition) is 1. The van der Waals surface area contributed by atoms with Crippen molar-refractivity contribution in [1.82, 2.24) is 14.6 Å². The molecule has 0 aromatic carbocycles. The number of nitrogens with zero attached hydrogens (tertiary/aromatic N) is 2. The van der Waals surface area contributed by atoms with Gasteiger partial charge in [-0.1, -0.05) is 0 Å². The van der Waals surface area contributed by atoms with Crippen molar-refractivity contribution in [3.63, 3.8) is 0 Å². The van der Waals surface area contributed by atoms with Gasteiger partial charge in [0.2, 0.25) is 0 Å². The van der Waals surface area contributed by atoms with E-state index in [9.17, 15) is 4.79 Å². The van der Waals surface area contributed by atoms with Crippen molar-refractivity contribution in [2.24, 2.45) is 0 Å². The summed E-state index contributed by atoms with van der Waals surface area (Å²) in [6, 6.07) is 3.17. The number of nitrogens with one attached hydrogen (secondary N) is 1. The van der Waals surface area contributed by atoms with Crippen molar-refractivity contribution < 1.29 is 0 Å². The monoisotopic (exact) mass is 135 g/mol. The van der Waals surface area contributed by atoms with E-state index in [0.29, 0.717) is 5.65 Å². The summed E-state index contributed by atoms with van der Waals surface area (Å²) in [5.74, 6) is 0. The predicted octanol–water partition coefficient (Wildman–Crippen LogP) is 0.0226. The molecule has 10 heavy (non-hydrogen) atoms. The average molecular weight is 135 g/mol. The lowest BCUT2D eigenvalue weighted by Gasteiger charge is -1.87. The second-order valence-electron chi connectivity index (χ2n) is 1.97. The minimum absolute atomic E-state index is 0.104.